The van der Waals surface area contributed by atoms with Gasteiger partial charge in [-0.3, -0.25) is 9.69 Å². The Morgan fingerprint density at radius 1 is 1.40 bits per heavy atom. The Morgan fingerprint density at radius 2 is 2.20 bits per heavy atom. The Hall–Kier alpha value is -1.96. The maximum Gasteiger partial charge on any atom is 0.254 e. The van der Waals surface area contributed by atoms with Crippen LogP contribution in [0.2, 0.25) is 0 Å². The predicted octanol–water partition coefficient (Wildman–Crippen LogP) is 2.26. The average molecular weight is 361 g/mol. The summed E-state index contributed by atoms with van der Waals surface area (Å²) in [5, 5.41) is 3.12. The van der Waals surface area contributed by atoms with Gasteiger partial charge in [-0.1, -0.05) is 6.07 Å². The quantitative estimate of drug-likeness (QED) is 0.790. The van der Waals surface area contributed by atoms with E-state index >= 15 is 0 Å². The summed E-state index contributed by atoms with van der Waals surface area (Å²) in [6.45, 7) is 4.82. The third-order valence-electron chi connectivity index (χ3n) is 4.12. The zero-order valence-corrected chi connectivity index (χ0v) is 15.4. The van der Waals surface area contributed by atoms with Crippen LogP contribution in [0.15, 0.2) is 29.6 Å². The molecule has 1 aliphatic rings. The summed E-state index contributed by atoms with van der Waals surface area (Å²) < 4.78 is 10.6. The summed E-state index contributed by atoms with van der Waals surface area (Å²) in [6, 6.07) is 7.20. The van der Waals surface area contributed by atoms with Gasteiger partial charge in [-0.05, 0) is 18.2 Å². The van der Waals surface area contributed by atoms with Crippen LogP contribution in [0, 0.1) is 0 Å². The highest BCUT2D eigenvalue weighted by molar-refractivity contribution is 7.09. The molecule has 2 aromatic rings. The van der Waals surface area contributed by atoms with Crippen molar-refractivity contribution in [3.8, 4) is 5.75 Å². The summed E-state index contributed by atoms with van der Waals surface area (Å²) in [5.74, 6) is 0.641. The van der Waals surface area contributed by atoms with E-state index in [0.29, 0.717) is 17.9 Å². The maximum absolute atomic E-state index is 12.6. The summed E-state index contributed by atoms with van der Waals surface area (Å²) >= 11 is 1.65. The van der Waals surface area contributed by atoms with Crippen LogP contribution in [0.5, 0.6) is 5.75 Å². The van der Waals surface area contributed by atoms with Gasteiger partial charge in [-0.2, -0.15) is 0 Å². The minimum atomic E-state index is -0.0402. The van der Waals surface area contributed by atoms with Crippen molar-refractivity contribution in [1.82, 2.24) is 14.8 Å². The number of thiazole rings is 1. The van der Waals surface area contributed by atoms with Gasteiger partial charge in [0.15, 0.2) is 0 Å². The molecular weight excluding hydrogens is 338 g/mol. The molecule has 0 bridgehead atoms. The van der Waals surface area contributed by atoms with Crippen LogP contribution in [0.3, 0.4) is 0 Å². The summed E-state index contributed by atoms with van der Waals surface area (Å²) in [4.78, 5) is 21.3. The van der Waals surface area contributed by atoms with Gasteiger partial charge in [0.25, 0.3) is 5.91 Å². The molecule has 0 radical (unpaired) electrons. The molecule has 2 heterocycles. The lowest BCUT2D eigenvalue weighted by molar-refractivity contribution is 0.0341. The van der Waals surface area contributed by atoms with E-state index in [4.69, 9.17) is 9.47 Å². The molecule has 25 heavy (non-hydrogen) atoms. The lowest BCUT2D eigenvalue weighted by Crippen LogP contribution is -2.35. The zero-order valence-electron chi connectivity index (χ0n) is 14.6. The van der Waals surface area contributed by atoms with Crippen LogP contribution in [0.25, 0.3) is 0 Å². The maximum atomic E-state index is 12.6. The Balaban J connectivity index is 1.58. The number of nitrogens with zero attached hydrogens (tertiary/aromatic N) is 3. The summed E-state index contributed by atoms with van der Waals surface area (Å²) in [5.41, 5.74) is 1.54. The van der Waals surface area contributed by atoms with Crippen molar-refractivity contribution in [1.29, 1.82) is 0 Å². The van der Waals surface area contributed by atoms with Crippen LogP contribution in [0.4, 0.5) is 0 Å². The minimum Gasteiger partial charge on any atom is -0.497 e. The largest absolute Gasteiger partial charge is 0.497 e. The number of carbonyl (C=O) groups is 1. The number of carbonyl (C=O) groups excluding carboxylic acids is 1. The van der Waals surface area contributed by atoms with Gasteiger partial charge in [0.2, 0.25) is 0 Å². The molecule has 134 valence electrons. The third kappa shape index (κ3) is 4.78. The van der Waals surface area contributed by atoms with Gasteiger partial charge in [-0.25, -0.2) is 4.98 Å². The van der Waals surface area contributed by atoms with E-state index in [-0.39, 0.29) is 5.91 Å². The van der Waals surface area contributed by atoms with Crippen molar-refractivity contribution in [2.24, 2.45) is 0 Å². The van der Waals surface area contributed by atoms with Crippen molar-refractivity contribution in [2.75, 3.05) is 40.5 Å². The number of ether oxygens (including phenoxy) is 2. The molecule has 0 N–H and O–H groups in total. The number of hydrogen-bond donors (Lipinski definition) is 0. The molecule has 1 aliphatic heterocycles. The number of hydrogen-bond acceptors (Lipinski definition) is 6. The second kappa shape index (κ2) is 8.42. The molecule has 1 amide bonds. The minimum absolute atomic E-state index is 0.0402. The number of aromatic nitrogens is 1. The number of methoxy groups -OCH3 is 1. The van der Waals surface area contributed by atoms with Crippen LogP contribution >= 0.6 is 11.3 Å². The Morgan fingerprint density at radius 3 is 2.96 bits per heavy atom. The Kier molecular flexibility index (Phi) is 6.01. The van der Waals surface area contributed by atoms with Crippen molar-refractivity contribution in [3.63, 3.8) is 0 Å². The second-order valence-corrected chi connectivity index (χ2v) is 6.96. The Labute approximate surface area is 152 Å². The number of benzene rings is 1. The first-order valence-electron chi connectivity index (χ1n) is 8.28. The average Bonchev–Trinajstić information content (AvgIpc) is 3.08. The number of morpholine rings is 1. The molecule has 1 aromatic carbocycles. The molecule has 7 heteroatoms. The topological polar surface area (TPSA) is 54.9 Å². The fourth-order valence-electron chi connectivity index (χ4n) is 2.74. The predicted molar refractivity (Wildman–Crippen MR) is 97.0 cm³/mol. The summed E-state index contributed by atoms with van der Waals surface area (Å²) in [6.07, 6.45) is 0. The van der Waals surface area contributed by atoms with Crippen LogP contribution in [-0.4, -0.2) is 61.2 Å². The van der Waals surface area contributed by atoms with Crippen LogP contribution in [-0.2, 0) is 17.8 Å². The standard InChI is InChI=1S/C18H23N3O3S/c1-20(18(22)14-4-3-5-16(10-14)23-2)11-15-13-25-17(19-15)12-21-6-8-24-9-7-21/h3-5,10,13H,6-9,11-12H2,1-2H3. The lowest BCUT2D eigenvalue weighted by Gasteiger charge is -2.25. The first-order valence-corrected chi connectivity index (χ1v) is 9.16. The SMILES string of the molecule is COc1cccc(C(=O)N(C)Cc2csc(CN3CCOCC3)n2)c1. The molecular formula is C18H23N3O3S. The van der Waals surface area contributed by atoms with Gasteiger partial charge in [0.1, 0.15) is 10.8 Å². The number of amides is 1. The third-order valence-corrected chi connectivity index (χ3v) is 5.01. The summed E-state index contributed by atoms with van der Waals surface area (Å²) in [7, 11) is 3.39. The fourth-order valence-corrected chi connectivity index (χ4v) is 3.56. The van der Waals surface area contributed by atoms with Crippen molar-refractivity contribution in [2.45, 2.75) is 13.1 Å². The van der Waals surface area contributed by atoms with E-state index in [1.165, 1.54) is 0 Å². The van der Waals surface area contributed by atoms with Crippen molar-refractivity contribution in [3.05, 3.63) is 45.9 Å². The number of rotatable bonds is 6. The smallest absolute Gasteiger partial charge is 0.254 e. The molecule has 0 unspecified atom stereocenters. The molecule has 3 rings (SSSR count). The molecule has 0 saturated carbocycles. The normalized spacial score (nSPS) is 15.1. The van der Waals surface area contributed by atoms with Gasteiger partial charge in [0.05, 0.1) is 39.1 Å². The molecule has 0 spiro atoms. The van der Waals surface area contributed by atoms with Crippen LogP contribution < -0.4 is 4.74 Å². The van der Waals surface area contributed by atoms with Gasteiger partial charge < -0.3 is 14.4 Å². The van der Waals surface area contributed by atoms with E-state index < -0.39 is 0 Å². The highest BCUT2D eigenvalue weighted by Gasteiger charge is 2.16. The highest BCUT2D eigenvalue weighted by atomic mass is 32.1. The van der Waals surface area contributed by atoms with E-state index in [1.807, 2.05) is 17.5 Å². The zero-order chi connectivity index (χ0) is 17.6. The molecule has 6 nitrogen and oxygen atoms in total. The molecule has 1 fully saturated rings. The van der Waals surface area contributed by atoms with E-state index in [9.17, 15) is 4.79 Å². The Bertz CT molecular complexity index is 713. The molecule has 1 saturated heterocycles. The molecule has 0 aliphatic carbocycles. The lowest BCUT2D eigenvalue weighted by atomic mass is 10.2. The van der Waals surface area contributed by atoms with E-state index in [1.54, 1.807) is 42.5 Å². The first-order chi connectivity index (χ1) is 12.2. The van der Waals surface area contributed by atoms with Crippen molar-refractivity contribution >= 4 is 17.2 Å². The first kappa shape index (κ1) is 17.8. The monoisotopic (exact) mass is 361 g/mol. The molecule has 1 aromatic heterocycles. The van der Waals surface area contributed by atoms with E-state index in [2.05, 4.69) is 9.88 Å². The van der Waals surface area contributed by atoms with Crippen molar-refractivity contribution < 1.29 is 14.3 Å². The van der Waals surface area contributed by atoms with E-state index in [0.717, 1.165) is 43.5 Å². The molecule has 0 atom stereocenters. The second-order valence-electron chi connectivity index (χ2n) is 6.01. The fraction of sp³-hybridized carbons (Fsp3) is 0.444. The van der Waals surface area contributed by atoms with Crippen LogP contribution in [0.1, 0.15) is 21.1 Å². The van der Waals surface area contributed by atoms with Gasteiger partial charge in [0, 0.05) is 31.1 Å². The van der Waals surface area contributed by atoms with Gasteiger partial charge in [-0.15, -0.1) is 11.3 Å². The highest BCUT2D eigenvalue weighted by Crippen LogP contribution is 2.17. The van der Waals surface area contributed by atoms with Gasteiger partial charge >= 0.3 is 0 Å².